The third-order valence-corrected chi connectivity index (χ3v) is 5.39. The number of aryl methyl sites for hydroxylation is 1. The Morgan fingerprint density at radius 2 is 1.65 bits per heavy atom. The number of rotatable bonds is 2. The van der Waals surface area contributed by atoms with E-state index in [2.05, 4.69) is 67.7 Å². The fourth-order valence-corrected chi connectivity index (χ4v) is 3.18. The number of aromatic nitrogens is 1. The second-order valence-corrected chi connectivity index (χ2v) is 7.86. The van der Waals surface area contributed by atoms with Gasteiger partial charge in [0.2, 0.25) is 0 Å². The van der Waals surface area contributed by atoms with Crippen LogP contribution in [0.3, 0.4) is 0 Å². The van der Waals surface area contributed by atoms with Crippen LogP contribution in [0.15, 0.2) is 41.0 Å². The Morgan fingerprint density at radius 3 is 2.22 bits per heavy atom. The molecule has 0 spiro atoms. The van der Waals surface area contributed by atoms with Crippen LogP contribution >= 0.6 is 15.9 Å². The molecule has 0 saturated carbocycles. The van der Waals surface area contributed by atoms with Crippen LogP contribution in [0, 0.1) is 6.92 Å². The Balaban J connectivity index is 1.94. The second kappa shape index (κ2) is 5.73. The van der Waals surface area contributed by atoms with Crippen molar-refractivity contribution in [3.63, 3.8) is 0 Å². The molecule has 1 fully saturated rings. The van der Waals surface area contributed by atoms with Crippen LogP contribution in [-0.4, -0.2) is 23.3 Å². The minimum absolute atomic E-state index is 0.348. The van der Waals surface area contributed by atoms with Crippen molar-refractivity contribution >= 4 is 28.5 Å². The number of benzene rings is 1. The lowest BCUT2D eigenvalue weighted by Gasteiger charge is -2.32. The number of pyridine rings is 1. The van der Waals surface area contributed by atoms with Crippen LogP contribution < -0.4 is 5.46 Å². The van der Waals surface area contributed by atoms with E-state index < -0.39 is 7.12 Å². The lowest BCUT2D eigenvalue weighted by molar-refractivity contribution is 0.00578. The molecule has 0 radical (unpaired) electrons. The lowest BCUT2D eigenvalue weighted by Crippen LogP contribution is -2.41. The predicted molar refractivity (Wildman–Crippen MR) is 97.8 cm³/mol. The van der Waals surface area contributed by atoms with Gasteiger partial charge in [0.15, 0.2) is 0 Å². The van der Waals surface area contributed by atoms with E-state index >= 15 is 0 Å². The molecule has 5 heteroatoms. The SMILES string of the molecule is Cc1ccccc1-c1ncc(B2OC(C)(C)C(C)(C)O2)cc1Br. The fourth-order valence-electron chi connectivity index (χ4n) is 2.60. The normalized spacial score (nSPS) is 19.1. The highest BCUT2D eigenvalue weighted by atomic mass is 79.9. The molecule has 1 aromatic carbocycles. The van der Waals surface area contributed by atoms with Crippen LogP contribution in [0.5, 0.6) is 0 Å². The van der Waals surface area contributed by atoms with E-state index in [1.165, 1.54) is 5.56 Å². The minimum atomic E-state index is -0.394. The van der Waals surface area contributed by atoms with Gasteiger partial charge in [-0.15, -0.1) is 0 Å². The summed E-state index contributed by atoms with van der Waals surface area (Å²) in [6.07, 6.45) is 1.84. The largest absolute Gasteiger partial charge is 0.496 e. The fraction of sp³-hybridized carbons (Fsp3) is 0.389. The van der Waals surface area contributed by atoms with Crippen molar-refractivity contribution < 1.29 is 9.31 Å². The van der Waals surface area contributed by atoms with Crippen molar-refractivity contribution in [1.29, 1.82) is 0 Å². The Labute approximate surface area is 146 Å². The van der Waals surface area contributed by atoms with Crippen molar-refractivity contribution in [3.8, 4) is 11.3 Å². The maximum atomic E-state index is 6.09. The van der Waals surface area contributed by atoms with Gasteiger partial charge >= 0.3 is 7.12 Å². The predicted octanol–water partition coefficient (Wildman–Crippen LogP) is 4.12. The average molecular weight is 374 g/mol. The summed E-state index contributed by atoms with van der Waals surface area (Å²) < 4.78 is 13.1. The number of nitrogens with zero attached hydrogens (tertiary/aromatic N) is 1. The monoisotopic (exact) mass is 373 g/mol. The molecule has 0 atom stereocenters. The molecule has 0 amide bonds. The van der Waals surface area contributed by atoms with Gasteiger partial charge in [-0.1, -0.05) is 24.3 Å². The Bertz CT molecular complexity index is 730. The highest BCUT2D eigenvalue weighted by Gasteiger charge is 2.51. The molecule has 1 saturated heterocycles. The van der Waals surface area contributed by atoms with E-state index in [1.807, 2.05) is 24.4 Å². The minimum Gasteiger partial charge on any atom is -0.399 e. The van der Waals surface area contributed by atoms with Crippen molar-refractivity contribution in [2.45, 2.75) is 45.8 Å². The van der Waals surface area contributed by atoms with Crippen molar-refractivity contribution in [2.24, 2.45) is 0 Å². The first-order valence-electron chi connectivity index (χ1n) is 7.78. The van der Waals surface area contributed by atoms with Gasteiger partial charge in [0.05, 0.1) is 16.9 Å². The first kappa shape index (κ1) is 16.7. The van der Waals surface area contributed by atoms with Crippen LogP contribution in [0.1, 0.15) is 33.3 Å². The first-order valence-corrected chi connectivity index (χ1v) is 8.58. The van der Waals surface area contributed by atoms with Crippen molar-refractivity contribution in [2.75, 3.05) is 0 Å². The highest BCUT2D eigenvalue weighted by molar-refractivity contribution is 9.10. The zero-order valence-electron chi connectivity index (χ0n) is 14.2. The van der Waals surface area contributed by atoms with Gasteiger partial charge in [-0.2, -0.15) is 0 Å². The third-order valence-electron chi connectivity index (χ3n) is 4.79. The average Bonchev–Trinajstić information content (AvgIpc) is 2.68. The maximum absolute atomic E-state index is 6.09. The van der Waals surface area contributed by atoms with Gasteiger partial charge in [-0.3, -0.25) is 4.98 Å². The van der Waals surface area contributed by atoms with E-state index in [9.17, 15) is 0 Å². The molecule has 1 aromatic heterocycles. The molecular formula is C18H21BBrNO2. The van der Waals surface area contributed by atoms with Gasteiger partial charge in [0.1, 0.15) is 0 Å². The van der Waals surface area contributed by atoms with Crippen molar-refractivity contribution in [1.82, 2.24) is 4.98 Å². The van der Waals surface area contributed by atoms with Crippen LogP contribution in [0.25, 0.3) is 11.3 Å². The topological polar surface area (TPSA) is 31.4 Å². The quantitative estimate of drug-likeness (QED) is 0.742. The van der Waals surface area contributed by atoms with Crippen LogP contribution in [-0.2, 0) is 9.31 Å². The summed E-state index contributed by atoms with van der Waals surface area (Å²) in [7, 11) is -0.394. The summed E-state index contributed by atoms with van der Waals surface area (Å²) in [5.41, 5.74) is 3.48. The highest BCUT2D eigenvalue weighted by Crippen LogP contribution is 2.37. The third kappa shape index (κ3) is 2.98. The molecule has 0 aliphatic carbocycles. The number of hydrogen-bond donors (Lipinski definition) is 0. The standard InChI is InChI=1S/C18H21BBrNO2/c1-12-8-6-7-9-14(12)16-15(20)10-13(11-21-16)19-22-17(2,3)18(4,5)23-19/h6-11H,1-5H3. The van der Waals surface area contributed by atoms with Gasteiger partial charge in [-0.05, 0) is 62.2 Å². The van der Waals surface area contributed by atoms with Gasteiger partial charge < -0.3 is 9.31 Å². The molecule has 3 nitrogen and oxygen atoms in total. The molecule has 1 aliphatic heterocycles. The summed E-state index contributed by atoms with van der Waals surface area (Å²) in [6.45, 7) is 10.3. The number of halogens is 1. The molecule has 0 unspecified atom stereocenters. The maximum Gasteiger partial charge on any atom is 0.496 e. The summed E-state index contributed by atoms with van der Waals surface area (Å²) in [5, 5.41) is 0. The van der Waals surface area contributed by atoms with Gasteiger partial charge in [0.25, 0.3) is 0 Å². The van der Waals surface area contributed by atoms with Crippen LogP contribution in [0.4, 0.5) is 0 Å². The molecule has 0 bridgehead atoms. The molecule has 2 aromatic rings. The molecule has 0 N–H and O–H groups in total. The van der Waals surface area contributed by atoms with E-state index in [0.29, 0.717) is 0 Å². The van der Waals surface area contributed by atoms with E-state index in [1.54, 1.807) is 0 Å². The van der Waals surface area contributed by atoms with Gasteiger partial charge in [-0.25, -0.2) is 0 Å². The zero-order chi connectivity index (χ0) is 16.8. The molecular weight excluding hydrogens is 353 g/mol. The zero-order valence-corrected chi connectivity index (χ0v) is 15.8. The summed E-state index contributed by atoms with van der Waals surface area (Å²) in [5.74, 6) is 0. The smallest absolute Gasteiger partial charge is 0.399 e. The summed E-state index contributed by atoms with van der Waals surface area (Å²) in [4.78, 5) is 4.64. The Morgan fingerprint density at radius 1 is 1.04 bits per heavy atom. The summed E-state index contributed by atoms with van der Waals surface area (Å²) >= 11 is 3.65. The molecule has 23 heavy (non-hydrogen) atoms. The molecule has 3 rings (SSSR count). The van der Waals surface area contributed by atoms with Gasteiger partial charge in [0, 0.05) is 21.7 Å². The Hall–Kier alpha value is -1.17. The van der Waals surface area contributed by atoms with Crippen molar-refractivity contribution in [3.05, 3.63) is 46.6 Å². The molecule has 1 aliphatic rings. The molecule has 2 heterocycles. The molecule has 120 valence electrons. The Kier molecular flexibility index (Phi) is 4.15. The lowest BCUT2D eigenvalue weighted by atomic mass is 9.80. The van der Waals surface area contributed by atoms with E-state index in [0.717, 1.165) is 21.2 Å². The van der Waals surface area contributed by atoms with Crippen LogP contribution in [0.2, 0.25) is 0 Å². The first-order chi connectivity index (χ1) is 10.7. The second-order valence-electron chi connectivity index (χ2n) is 7.00. The number of hydrogen-bond acceptors (Lipinski definition) is 3. The van der Waals surface area contributed by atoms with E-state index in [-0.39, 0.29) is 11.2 Å². The summed E-state index contributed by atoms with van der Waals surface area (Å²) in [6, 6.07) is 10.3. The van der Waals surface area contributed by atoms with E-state index in [4.69, 9.17) is 9.31 Å².